The van der Waals surface area contributed by atoms with E-state index in [9.17, 15) is 9.59 Å². The summed E-state index contributed by atoms with van der Waals surface area (Å²) >= 11 is 0. The number of nitrogens with zero attached hydrogens (tertiary/aromatic N) is 1. The van der Waals surface area contributed by atoms with Crippen molar-refractivity contribution in [3.63, 3.8) is 0 Å². The Morgan fingerprint density at radius 1 is 1.32 bits per heavy atom. The summed E-state index contributed by atoms with van der Waals surface area (Å²) in [5, 5.41) is 3.06. The Morgan fingerprint density at radius 3 is 2.58 bits per heavy atom. The summed E-state index contributed by atoms with van der Waals surface area (Å²) in [7, 11) is 0. The van der Waals surface area contributed by atoms with E-state index in [-0.39, 0.29) is 23.8 Å². The monoisotopic (exact) mass is 266 g/mol. The molecule has 1 N–H and O–H groups in total. The first-order valence-electron chi connectivity index (χ1n) is 7.65. The van der Waals surface area contributed by atoms with Gasteiger partial charge in [0.05, 0.1) is 0 Å². The summed E-state index contributed by atoms with van der Waals surface area (Å²) in [6.07, 6.45) is 6.29. The predicted molar refractivity (Wildman–Crippen MR) is 74.5 cm³/mol. The van der Waals surface area contributed by atoms with E-state index in [1.54, 1.807) is 0 Å². The van der Waals surface area contributed by atoms with E-state index in [4.69, 9.17) is 0 Å². The number of carbonyl (C=O) groups excluding carboxylic acids is 2. The van der Waals surface area contributed by atoms with E-state index in [0.29, 0.717) is 18.9 Å². The van der Waals surface area contributed by atoms with E-state index >= 15 is 0 Å². The lowest BCUT2D eigenvalue weighted by Crippen LogP contribution is -2.37. The van der Waals surface area contributed by atoms with Crippen LogP contribution in [0, 0.1) is 11.8 Å². The molecule has 2 amide bonds. The Morgan fingerprint density at radius 2 is 2.00 bits per heavy atom. The van der Waals surface area contributed by atoms with E-state index in [0.717, 1.165) is 19.4 Å². The molecule has 1 aliphatic heterocycles. The standard InChI is InChI=1S/C15H26N2O2/c1-11(2)17-10-12(8-14(17)18)9-16-15(19)13-6-4-3-5-7-13/h11-13H,3-10H2,1-2H3,(H,16,19). The molecule has 1 heterocycles. The van der Waals surface area contributed by atoms with Gasteiger partial charge in [-0.15, -0.1) is 0 Å². The predicted octanol–water partition coefficient (Wildman–Crippen LogP) is 1.94. The minimum atomic E-state index is 0.204. The highest BCUT2D eigenvalue weighted by atomic mass is 16.2. The first-order chi connectivity index (χ1) is 9.08. The molecule has 19 heavy (non-hydrogen) atoms. The Kier molecular flexibility index (Phi) is 4.83. The molecule has 1 saturated carbocycles. The number of rotatable bonds is 4. The molecule has 0 aromatic rings. The zero-order valence-electron chi connectivity index (χ0n) is 12.2. The fourth-order valence-corrected chi connectivity index (χ4v) is 3.20. The lowest BCUT2D eigenvalue weighted by atomic mass is 9.88. The van der Waals surface area contributed by atoms with Gasteiger partial charge < -0.3 is 10.2 Å². The SMILES string of the molecule is CC(C)N1CC(CNC(=O)C2CCCCC2)CC1=O. The number of nitrogens with one attached hydrogen (secondary N) is 1. The van der Waals surface area contributed by atoms with Crippen molar-refractivity contribution < 1.29 is 9.59 Å². The van der Waals surface area contributed by atoms with Gasteiger partial charge in [0.25, 0.3) is 0 Å². The molecule has 1 aliphatic carbocycles. The van der Waals surface area contributed by atoms with Gasteiger partial charge in [-0.3, -0.25) is 9.59 Å². The minimum absolute atomic E-state index is 0.204. The molecule has 4 nitrogen and oxygen atoms in total. The van der Waals surface area contributed by atoms with Crippen molar-refractivity contribution in [3.8, 4) is 0 Å². The van der Waals surface area contributed by atoms with Gasteiger partial charge in [0.2, 0.25) is 11.8 Å². The topological polar surface area (TPSA) is 49.4 Å². The van der Waals surface area contributed by atoms with Gasteiger partial charge in [-0.1, -0.05) is 19.3 Å². The van der Waals surface area contributed by atoms with Gasteiger partial charge in [-0.25, -0.2) is 0 Å². The third kappa shape index (κ3) is 3.71. The molecular weight excluding hydrogens is 240 g/mol. The summed E-state index contributed by atoms with van der Waals surface area (Å²) in [4.78, 5) is 25.7. The fraction of sp³-hybridized carbons (Fsp3) is 0.867. The molecule has 0 radical (unpaired) electrons. The molecule has 2 fully saturated rings. The summed E-state index contributed by atoms with van der Waals surface area (Å²) in [6.45, 7) is 5.54. The second kappa shape index (κ2) is 6.40. The fourth-order valence-electron chi connectivity index (χ4n) is 3.20. The number of hydrogen-bond acceptors (Lipinski definition) is 2. The van der Waals surface area contributed by atoms with Crippen LogP contribution in [0.5, 0.6) is 0 Å². The molecule has 108 valence electrons. The molecule has 0 bridgehead atoms. The third-order valence-electron chi connectivity index (χ3n) is 4.40. The Hall–Kier alpha value is -1.06. The van der Waals surface area contributed by atoms with Crippen molar-refractivity contribution in [1.29, 1.82) is 0 Å². The average molecular weight is 266 g/mol. The smallest absolute Gasteiger partial charge is 0.223 e. The maximum absolute atomic E-state index is 12.0. The van der Waals surface area contributed by atoms with Crippen molar-refractivity contribution in [2.24, 2.45) is 11.8 Å². The normalized spacial score (nSPS) is 25.1. The number of hydrogen-bond donors (Lipinski definition) is 1. The van der Waals surface area contributed by atoms with Gasteiger partial charge in [-0.2, -0.15) is 0 Å². The molecule has 2 aliphatic rings. The molecule has 1 saturated heterocycles. The largest absolute Gasteiger partial charge is 0.356 e. The number of carbonyl (C=O) groups is 2. The molecule has 4 heteroatoms. The molecule has 0 aromatic heterocycles. The second-order valence-electron chi connectivity index (χ2n) is 6.29. The van der Waals surface area contributed by atoms with Crippen molar-refractivity contribution in [2.75, 3.05) is 13.1 Å². The quantitative estimate of drug-likeness (QED) is 0.845. The zero-order chi connectivity index (χ0) is 13.8. The summed E-state index contributed by atoms with van der Waals surface area (Å²) in [5.74, 6) is 0.941. The van der Waals surface area contributed by atoms with Gasteiger partial charge in [0, 0.05) is 37.4 Å². The van der Waals surface area contributed by atoms with Crippen LogP contribution in [0.4, 0.5) is 0 Å². The van der Waals surface area contributed by atoms with Gasteiger partial charge in [-0.05, 0) is 26.7 Å². The maximum Gasteiger partial charge on any atom is 0.223 e. The van der Waals surface area contributed by atoms with Gasteiger partial charge >= 0.3 is 0 Å². The van der Waals surface area contributed by atoms with Gasteiger partial charge in [0.1, 0.15) is 0 Å². The van der Waals surface area contributed by atoms with Crippen LogP contribution in [-0.2, 0) is 9.59 Å². The summed E-state index contributed by atoms with van der Waals surface area (Å²) in [6, 6.07) is 0.270. The van der Waals surface area contributed by atoms with Crippen LogP contribution in [0.15, 0.2) is 0 Å². The van der Waals surface area contributed by atoms with Crippen LogP contribution in [0.1, 0.15) is 52.4 Å². The van der Waals surface area contributed by atoms with Crippen molar-refractivity contribution >= 4 is 11.8 Å². The second-order valence-corrected chi connectivity index (χ2v) is 6.29. The third-order valence-corrected chi connectivity index (χ3v) is 4.40. The Bertz CT molecular complexity index is 335. The summed E-state index contributed by atoms with van der Waals surface area (Å²) < 4.78 is 0. The van der Waals surface area contributed by atoms with Crippen molar-refractivity contribution in [2.45, 2.75) is 58.4 Å². The maximum atomic E-state index is 12.0. The molecule has 0 aromatic carbocycles. The van der Waals surface area contributed by atoms with Crippen LogP contribution in [0.2, 0.25) is 0 Å². The number of likely N-dealkylation sites (tertiary alicyclic amines) is 1. The van der Waals surface area contributed by atoms with Gasteiger partial charge in [0.15, 0.2) is 0 Å². The lowest BCUT2D eigenvalue weighted by Gasteiger charge is -2.23. The molecule has 2 rings (SSSR count). The van der Waals surface area contributed by atoms with Crippen molar-refractivity contribution in [3.05, 3.63) is 0 Å². The van der Waals surface area contributed by atoms with E-state index in [1.807, 2.05) is 18.7 Å². The van der Waals surface area contributed by atoms with Crippen LogP contribution >= 0.6 is 0 Å². The van der Waals surface area contributed by atoms with E-state index in [2.05, 4.69) is 5.32 Å². The van der Waals surface area contributed by atoms with Crippen LogP contribution in [0.3, 0.4) is 0 Å². The van der Waals surface area contributed by atoms with E-state index in [1.165, 1.54) is 19.3 Å². The average Bonchev–Trinajstić information content (AvgIpc) is 2.78. The summed E-state index contributed by atoms with van der Waals surface area (Å²) in [5.41, 5.74) is 0. The highest BCUT2D eigenvalue weighted by Gasteiger charge is 2.31. The number of amides is 2. The molecule has 0 spiro atoms. The van der Waals surface area contributed by atoms with Crippen LogP contribution < -0.4 is 5.32 Å². The first-order valence-corrected chi connectivity index (χ1v) is 7.65. The zero-order valence-corrected chi connectivity index (χ0v) is 12.2. The minimum Gasteiger partial charge on any atom is -0.356 e. The van der Waals surface area contributed by atoms with Crippen LogP contribution in [-0.4, -0.2) is 35.8 Å². The highest BCUT2D eigenvalue weighted by Crippen LogP contribution is 2.24. The molecule has 1 atom stereocenters. The lowest BCUT2D eigenvalue weighted by molar-refractivity contribution is -0.129. The first kappa shape index (κ1) is 14.4. The van der Waals surface area contributed by atoms with Crippen LogP contribution in [0.25, 0.3) is 0 Å². The molecule has 1 unspecified atom stereocenters. The van der Waals surface area contributed by atoms with E-state index < -0.39 is 0 Å². The highest BCUT2D eigenvalue weighted by molar-refractivity contribution is 5.80. The molecular formula is C15H26N2O2. The Labute approximate surface area is 115 Å². The Balaban J connectivity index is 1.74. The van der Waals surface area contributed by atoms with Crippen molar-refractivity contribution in [1.82, 2.24) is 10.2 Å².